The van der Waals surface area contributed by atoms with Gasteiger partial charge in [-0.05, 0) is 25.0 Å². The fraction of sp³-hybridized carbons (Fsp3) is 0.182. The lowest BCUT2D eigenvalue weighted by Crippen LogP contribution is -2.07. The number of allylic oxidation sites excluding steroid dienone is 4. The molecule has 0 saturated heterocycles. The van der Waals surface area contributed by atoms with E-state index in [2.05, 4.69) is 33.5 Å². The fourth-order valence-corrected chi connectivity index (χ4v) is 2.87. The number of aromatic nitrogens is 2. The maximum Gasteiger partial charge on any atom is 0.327 e. The first-order chi connectivity index (χ1) is 14.3. The molecule has 1 aromatic heterocycles. The topological polar surface area (TPSA) is 74.7 Å². The standard InChI is InChI=1S/C22H21N3O4/c1-26-18-9-5-8-17(11-18)25-22-23-12-20(13-24-22)29-21-15-27-14-19(28-21)10-16-6-3-2-4-7-16/h2-3,5-6,8-9,11-15H,4,7,10H2,1H3,(H,23,24,25). The molecule has 0 unspecified atom stereocenters. The average molecular weight is 391 g/mol. The second-order valence-corrected chi connectivity index (χ2v) is 6.43. The van der Waals surface area contributed by atoms with Crippen LogP contribution in [-0.4, -0.2) is 17.1 Å². The number of nitrogens with one attached hydrogen (secondary N) is 1. The summed E-state index contributed by atoms with van der Waals surface area (Å²) in [6.07, 6.45) is 15.2. The van der Waals surface area contributed by atoms with Crippen LogP contribution in [0.15, 0.2) is 84.7 Å². The van der Waals surface area contributed by atoms with E-state index in [0.29, 0.717) is 23.9 Å². The predicted molar refractivity (Wildman–Crippen MR) is 108 cm³/mol. The van der Waals surface area contributed by atoms with Crippen LogP contribution in [0, 0.1) is 0 Å². The SMILES string of the molecule is COc1cccc(Nc2ncc(OC3=COC=C(CC4=CC=CCC4)O3)cn2)c1. The fourth-order valence-electron chi connectivity index (χ4n) is 2.87. The van der Waals surface area contributed by atoms with Gasteiger partial charge < -0.3 is 24.3 Å². The monoisotopic (exact) mass is 391 g/mol. The van der Waals surface area contributed by atoms with E-state index in [1.807, 2.05) is 24.3 Å². The average Bonchev–Trinajstić information content (AvgIpc) is 2.76. The number of methoxy groups -OCH3 is 1. The summed E-state index contributed by atoms with van der Waals surface area (Å²) < 4.78 is 22.0. The molecule has 0 spiro atoms. The van der Waals surface area contributed by atoms with Gasteiger partial charge in [-0.25, -0.2) is 9.97 Å². The van der Waals surface area contributed by atoms with Crippen molar-refractivity contribution in [3.63, 3.8) is 0 Å². The minimum absolute atomic E-state index is 0.242. The number of nitrogens with zero attached hydrogens (tertiary/aromatic N) is 2. The molecule has 4 rings (SSSR count). The van der Waals surface area contributed by atoms with Crippen molar-refractivity contribution in [3.8, 4) is 11.5 Å². The molecule has 0 atom stereocenters. The Hall–Kier alpha value is -3.74. The van der Waals surface area contributed by atoms with Gasteiger partial charge in [0, 0.05) is 18.2 Å². The summed E-state index contributed by atoms with van der Waals surface area (Å²) in [6, 6.07) is 7.51. The minimum Gasteiger partial charge on any atom is -0.497 e. The van der Waals surface area contributed by atoms with Crippen molar-refractivity contribution in [2.24, 2.45) is 0 Å². The summed E-state index contributed by atoms with van der Waals surface area (Å²) in [5.74, 6) is 2.57. The molecular formula is C22H21N3O4. The zero-order valence-corrected chi connectivity index (χ0v) is 16.0. The van der Waals surface area contributed by atoms with Gasteiger partial charge in [0.15, 0.2) is 12.0 Å². The highest BCUT2D eigenvalue weighted by molar-refractivity contribution is 5.55. The van der Waals surface area contributed by atoms with Crippen LogP contribution in [0.5, 0.6) is 11.5 Å². The summed E-state index contributed by atoms with van der Waals surface area (Å²) >= 11 is 0. The van der Waals surface area contributed by atoms with Crippen LogP contribution in [-0.2, 0) is 9.47 Å². The summed E-state index contributed by atoms with van der Waals surface area (Å²) in [6.45, 7) is 0. The van der Waals surface area contributed by atoms with Crippen molar-refractivity contribution < 1.29 is 18.9 Å². The molecule has 1 aliphatic heterocycles. The van der Waals surface area contributed by atoms with E-state index >= 15 is 0 Å². The molecular weight excluding hydrogens is 370 g/mol. The van der Waals surface area contributed by atoms with Gasteiger partial charge in [0.25, 0.3) is 0 Å². The molecule has 0 fully saturated rings. The molecule has 1 aliphatic carbocycles. The summed E-state index contributed by atoms with van der Waals surface area (Å²) in [4.78, 5) is 8.53. The highest BCUT2D eigenvalue weighted by atomic mass is 16.7. The normalized spacial score (nSPS) is 15.3. The first-order valence-electron chi connectivity index (χ1n) is 9.26. The van der Waals surface area contributed by atoms with Crippen molar-refractivity contribution in [1.29, 1.82) is 0 Å². The molecule has 0 radical (unpaired) electrons. The molecule has 0 amide bonds. The number of ether oxygens (including phenoxy) is 4. The molecule has 7 nitrogen and oxygen atoms in total. The Morgan fingerprint density at radius 3 is 2.83 bits per heavy atom. The second-order valence-electron chi connectivity index (χ2n) is 6.43. The zero-order chi connectivity index (χ0) is 19.9. The Balaban J connectivity index is 1.33. The molecule has 29 heavy (non-hydrogen) atoms. The molecule has 2 aromatic rings. The van der Waals surface area contributed by atoms with Crippen LogP contribution in [0.1, 0.15) is 19.3 Å². The molecule has 1 aromatic carbocycles. The summed E-state index contributed by atoms with van der Waals surface area (Å²) in [5, 5.41) is 3.11. The number of hydrogen-bond acceptors (Lipinski definition) is 7. The smallest absolute Gasteiger partial charge is 0.327 e. The largest absolute Gasteiger partial charge is 0.497 e. The first kappa shape index (κ1) is 18.6. The lowest BCUT2D eigenvalue weighted by molar-refractivity contribution is 0.113. The van der Waals surface area contributed by atoms with Crippen molar-refractivity contribution in [3.05, 3.63) is 84.7 Å². The first-order valence-corrected chi connectivity index (χ1v) is 9.26. The third-order valence-electron chi connectivity index (χ3n) is 4.27. The van der Waals surface area contributed by atoms with E-state index in [0.717, 1.165) is 24.3 Å². The van der Waals surface area contributed by atoms with Gasteiger partial charge in [0.05, 0.1) is 19.5 Å². The Morgan fingerprint density at radius 1 is 1.14 bits per heavy atom. The molecule has 2 heterocycles. The van der Waals surface area contributed by atoms with Crippen LogP contribution < -0.4 is 14.8 Å². The van der Waals surface area contributed by atoms with E-state index in [4.69, 9.17) is 18.9 Å². The Labute approximate surface area is 169 Å². The predicted octanol–water partition coefficient (Wildman–Crippen LogP) is 4.96. The molecule has 7 heteroatoms. The number of rotatable bonds is 7. The molecule has 2 aliphatic rings. The van der Waals surface area contributed by atoms with Crippen LogP contribution in [0.4, 0.5) is 11.6 Å². The van der Waals surface area contributed by atoms with Crippen LogP contribution >= 0.6 is 0 Å². The van der Waals surface area contributed by atoms with Gasteiger partial charge in [-0.2, -0.15) is 0 Å². The van der Waals surface area contributed by atoms with E-state index in [-0.39, 0.29) is 5.95 Å². The quantitative estimate of drug-likeness (QED) is 0.715. The van der Waals surface area contributed by atoms with Crippen molar-refractivity contribution in [2.45, 2.75) is 19.3 Å². The zero-order valence-electron chi connectivity index (χ0n) is 16.0. The number of anilines is 2. The van der Waals surface area contributed by atoms with Crippen LogP contribution in [0.25, 0.3) is 0 Å². The number of benzene rings is 1. The Morgan fingerprint density at radius 2 is 2.03 bits per heavy atom. The summed E-state index contributed by atoms with van der Waals surface area (Å²) in [5.41, 5.74) is 2.12. The van der Waals surface area contributed by atoms with Crippen LogP contribution in [0.2, 0.25) is 0 Å². The van der Waals surface area contributed by atoms with E-state index in [9.17, 15) is 0 Å². The van der Waals surface area contributed by atoms with Gasteiger partial charge in [-0.1, -0.05) is 29.9 Å². The highest BCUT2D eigenvalue weighted by Crippen LogP contribution is 2.26. The third kappa shape index (κ3) is 5.16. The Bertz CT molecular complexity index is 978. The van der Waals surface area contributed by atoms with E-state index in [1.165, 1.54) is 11.8 Å². The number of hydrogen-bond donors (Lipinski definition) is 1. The van der Waals surface area contributed by atoms with Gasteiger partial charge in [0.1, 0.15) is 17.8 Å². The maximum atomic E-state index is 5.77. The Kier molecular flexibility index (Phi) is 5.76. The maximum absolute atomic E-state index is 5.77. The molecule has 1 N–H and O–H groups in total. The minimum atomic E-state index is 0.242. The van der Waals surface area contributed by atoms with E-state index < -0.39 is 0 Å². The van der Waals surface area contributed by atoms with Crippen molar-refractivity contribution in [1.82, 2.24) is 9.97 Å². The van der Waals surface area contributed by atoms with E-state index in [1.54, 1.807) is 25.8 Å². The summed E-state index contributed by atoms with van der Waals surface area (Å²) in [7, 11) is 1.62. The highest BCUT2D eigenvalue weighted by Gasteiger charge is 2.15. The molecule has 0 saturated carbocycles. The van der Waals surface area contributed by atoms with Gasteiger partial charge in [-0.15, -0.1) is 0 Å². The third-order valence-corrected chi connectivity index (χ3v) is 4.27. The lowest BCUT2D eigenvalue weighted by atomic mass is 10.0. The lowest BCUT2D eigenvalue weighted by Gasteiger charge is -2.18. The van der Waals surface area contributed by atoms with Crippen molar-refractivity contribution in [2.75, 3.05) is 12.4 Å². The van der Waals surface area contributed by atoms with Crippen LogP contribution in [0.3, 0.4) is 0 Å². The molecule has 0 bridgehead atoms. The van der Waals surface area contributed by atoms with Crippen molar-refractivity contribution >= 4 is 11.6 Å². The second kappa shape index (κ2) is 8.97. The molecule has 148 valence electrons. The van der Waals surface area contributed by atoms with Gasteiger partial charge in [-0.3, -0.25) is 0 Å². The van der Waals surface area contributed by atoms with Gasteiger partial charge >= 0.3 is 5.95 Å². The van der Waals surface area contributed by atoms with Gasteiger partial charge in [0.2, 0.25) is 5.95 Å².